The molecule has 0 aromatic rings. The van der Waals surface area contributed by atoms with Crippen molar-refractivity contribution in [3.05, 3.63) is 0 Å². The van der Waals surface area contributed by atoms with Gasteiger partial charge in [0.2, 0.25) is 0 Å². The summed E-state index contributed by atoms with van der Waals surface area (Å²) in [5, 5.41) is 3.55. The number of nitrogens with one attached hydrogen (secondary N) is 1. The molecule has 2 rings (SSSR count). The molecule has 2 nitrogen and oxygen atoms in total. The van der Waals surface area contributed by atoms with Gasteiger partial charge in [0.05, 0.1) is 0 Å². The molecule has 2 aliphatic heterocycles. The van der Waals surface area contributed by atoms with Crippen molar-refractivity contribution in [2.24, 2.45) is 11.7 Å². The molecule has 2 heteroatoms. The van der Waals surface area contributed by atoms with Crippen molar-refractivity contribution in [1.82, 2.24) is 5.32 Å². The molecular formula is C7H14N2. The predicted molar refractivity (Wildman–Crippen MR) is 37.1 cm³/mol. The molecule has 0 radical (unpaired) electrons. The van der Waals surface area contributed by atoms with Crippen LogP contribution < -0.4 is 11.1 Å². The van der Waals surface area contributed by atoms with Crippen LogP contribution in [0.2, 0.25) is 0 Å². The Morgan fingerprint density at radius 1 is 1.44 bits per heavy atom. The number of hydrogen-bond donors (Lipinski definition) is 2. The van der Waals surface area contributed by atoms with Crippen molar-refractivity contribution in [3.63, 3.8) is 0 Å². The monoisotopic (exact) mass is 126 g/mol. The van der Waals surface area contributed by atoms with E-state index < -0.39 is 0 Å². The van der Waals surface area contributed by atoms with E-state index in [1.165, 1.54) is 19.3 Å². The first kappa shape index (κ1) is 5.69. The van der Waals surface area contributed by atoms with Gasteiger partial charge in [-0.2, -0.15) is 0 Å². The lowest BCUT2D eigenvalue weighted by atomic mass is 9.89. The third-order valence-corrected chi connectivity index (χ3v) is 2.73. The molecule has 2 aliphatic rings. The molecular weight excluding hydrogens is 112 g/mol. The van der Waals surface area contributed by atoms with Crippen molar-refractivity contribution in [2.45, 2.75) is 31.3 Å². The molecule has 3 unspecified atom stereocenters. The molecule has 0 aliphatic carbocycles. The van der Waals surface area contributed by atoms with Crippen LogP contribution in [0.15, 0.2) is 0 Å². The molecule has 0 aromatic heterocycles. The summed E-state index contributed by atoms with van der Waals surface area (Å²) in [7, 11) is 0. The first-order valence-corrected chi connectivity index (χ1v) is 3.86. The lowest BCUT2D eigenvalue weighted by Gasteiger charge is -2.16. The minimum atomic E-state index is 0.778. The van der Waals surface area contributed by atoms with E-state index in [0.717, 1.165) is 24.5 Å². The van der Waals surface area contributed by atoms with Crippen molar-refractivity contribution < 1.29 is 0 Å². The van der Waals surface area contributed by atoms with E-state index in [9.17, 15) is 0 Å². The number of fused-ring (bicyclic) bond motifs is 2. The Labute approximate surface area is 55.8 Å². The second kappa shape index (κ2) is 1.96. The van der Waals surface area contributed by atoms with E-state index in [1.54, 1.807) is 0 Å². The summed E-state index contributed by atoms with van der Waals surface area (Å²) in [6, 6.07) is 1.60. The van der Waals surface area contributed by atoms with Gasteiger partial charge in [0.15, 0.2) is 0 Å². The Morgan fingerprint density at radius 3 is 2.67 bits per heavy atom. The van der Waals surface area contributed by atoms with Gasteiger partial charge in [-0.1, -0.05) is 0 Å². The fourth-order valence-corrected chi connectivity index (χ4v) is 2.20. The summed E-state index contributed by atoms with van der Waals surface area (Å²) in [5.74, 6) is 0.795. The van der Waals surface area contributed by atoms with Crippen LogP contribution in [0.4, 0.5) is 0 Å². The minimum Gasteiger partial charge on any atom is -0.330 e. The molecule has 3 atom stereocenters. The van der Waals surface area contributed by atoms with Crippen LogP contribution in [-0.2, 0) is 0 Å². The van der Waals surface area contributed by atoms with Crippen LogP contribution in [0, 0.1) is 5.92 Å². The standard InChI is InChI=1S/C7H14N2/c8-4-5-3-6-1-2-7(5)9-6/h5-7,9H,1-4,8H2. The highest BCUT2D eigenvalue weighted by molar-refractivity contribution is 4.97. The maximum absolute atomic E-state index is 5.58. The highest BCUT2D eigenvalue weighted by Gasteiger charge is 2.37. The Balaban J connectivity index is 2.01. The Hall–Kier alpha value is -0.0800. The summed E-state index contributed by atoms with van der Waals surface area (Å²) >= 11 is 0. The Kier molecular flexibility index (Phi) is 1.24. The molecule has 0 spiro atoms. The molecule has 0 saturated carbocycles. The van der Waals surface area contributed by atoms with E-state index in [4.69, 9.17) is 5.73 Å². The lowest BCUT2D eigenvalue weighted by molar-refractivity contribution is 0.415. The zero-order chi connectivity index (χ0) is 6.27. The molecule has 3 N–H and O–H groups in total. The van der Waals surface area contributed by atoms with Crippen LogP contribution in [-0.4, -0.2) is 18.6 Å². The normalized spacial score (nSPS) is 48.3. The zero-order valence-corrected chi connectivity index (χ0v) is 5.64. The summed E-state index contributed by atoms with van der Waals surface area (Å²) < 4.78 is 0. The van der Waals surface area contributed by atoms with E-state index in [-0.39, 0.29) is 0 Å². The van der Waals surface area contributed by atoms with Gasteiger partial charge in [-0.05, 0) is 31.7 Å². The number of hydrogen-bond acceptors (Lipinski definition) is 2. The van der Waals surface area contributed by atoms with Crippen molar-refractivity contribution in [2.75, 3.05) is 6.54 Å². The van der Waals surface area contributed by atoms with Crippen molar-refractivity contribution >= 4 is 0 Å². The van der Waals surface area contributed by atoms with E-state index in [1.807, 2.05) is 0 Å². The van der Waals surface area contributed by atoms with Gasteiger partial charge in [0.25, 0.3) is 0 Å². The van der Waals surface area contributed by atoms with Gasteiger partial charge in [0.1, 0.15) is 0 Å². The molecule has 0 aromatic carbocycles. The average Bonchev–Trinajstić information content (AvgIpc) is 2.45. The zero-order valence-electron chi connectivity index (χ0n) is 5.64. The highest BCUT2D eigenvalue weighted by Crippen LogP contribution is 2.32. The molecule has 2 heterocycles. The highest BCUT2D eigenvalue weighted by atomic mass is 15.0. The summed E-state index contributed by atoms with van der Waals surface area (Å²) in [5.41, 5.74) is 5.58. The van der Waals surface area contributed by atoms with Crippen molar-refractivity contribution in [3.8, 4) is 0 Å². The summed E-state index contributed by atoms with van der Waals surface area (Å²) in [4.78, 5) is 0. The Morgan fingerprint density at radius 2 is 2.33 bits per heavy atom. The number of nitrogens with two attached hydrogens (primary N) is 1. The molecule has 9 heavy (non-hydrogen) atoms. The van der Waals surface area contributed by atoms with Gasteiger partial charge in [-0.15, -0.1) is 0 Å². The van der Waals surface area contributed by atoms with Crippen LogP contribution in [0.1, 0.15) is 19.3 Å². The minimum absolute atomic E-state index is 0.778. The van der Waals surface area contributed by atoms with Gasteiger partial charge in [-0.3, -0.25) is 0 Å². The molecule has 2 fully saturated rings. The van der Waals surface area contributed by atoms with Crippen LogP contribution in [0.5, 0.6) is 0 Å². The fraction of sp³-hybridized carbons (Fsp3) is 1.00. The predicted octanol–water partition coefficient (Wildman–Crippen LogP) is 0.0856. The van der Waals surface area contributed by atoms with Gasteiger partial charge in [0, 0.05) is 12.1 Å². The number of rotatable bonds is 1. The Bertz CT molecular complexity index is 113. The third kappa shape index (κ3) is 0.775. The largest absolute Gasteiger partial charge is 0.330 e. The quantitative estimate of drug-likeness (QED) is 0.522. The maximum atomic E-state index is 5.58. The van der Waals surface area contributed by atoms with Crippen molar-refractivity contribution in [1.29, 1.82) is 0 Å². The molecule has 2 bridgehead atoms. The molecule has 52 valence electrons. The third-order valence-electron chi connectivity index (χ3n) is 2.73. The maximum Gasteiger partial charge on any atom is 0.0111 e. The summed E-state index contributed by atoms with van der Waals surface area (Å²) in [6.07, 6.45) is 4.09. The first-order valence-electron chi connectivity index (χ1n) is 3.86. The average molecular weight is 126 g/mol. The SMILES string of the molecule is NCC1CC2CCC1N2. The van der Waals surface area contributed by atoms with Gasteiger partial charge in [-0.25, -0.2) is 0 Å². The smallest absolute Gasteiger partial charge is 0.0111 e. The van der Waals surface area contributed by atoms with Crippen LogP contribution >= 0.6 is 0 Å². The van der Waals surface area contributed by atoms with Crippen LogP contribution in [0.25, 0.3) is 0 Å². The lowest BCUT2D eigenvalue weighted by Crippen LogP contribution is -2.27. The van der Waals surface area contributed by atoms with E-state index >= 15 is 0 Å². The van der Waals surface area contributed by atoms with E-state index in [2.05, 4.69) is 5.32 Å². The molecule has 0 amide bonds. The summed E-state index contributed by atoms with van der Waals surface area (Å²) in [6.45, 7) is 0.883. The fourth-order valence-electron chi connectivity index (χ4n) is 2.20. The van der Waals surface area contributed by atoms with Crippen LogP contribution in [0.3, 0.4) is 0 Å². The topological polar surface area (TPSA) is 38.0 Å². The first-order chi connectivity index (χ1) is 4.40. The second-order valence-corrected chi connectivity index (χ2v) is 3.28. The van der Waals surface area contributed by atoms with E-state index in [0.29, 0.717) is 0 Å². The molecule has 2 saturated heterocycles. The van der Waals surface area contributed by atoms with Gasteiger partial charge >= 0.3 is 0 Å². The van der Waals surface area contributed by atoms with Gasteiger partial charge < -0.3 is 11.1 Å². The second-order valence-electron chi connectivity index (χ2n) is 3.28.